The Kier molecular flexibility index (Phi) is 3.57. The van der Waals surface area contributed by atoms with Gasteiger partial charge in [-0.1, -0.05) is 30.3 Å². The minimum atomic E-state index is -0.559. The summed E-state index contributed by atoms with van der Waals surface area (Å²) in [6, 6.07) is 12.9. The van der Waals surface area contributed by atoms with Gasteiger partial charge in [0.25, 0.3) is 0 Å². The molecular formula is C14H12FNO2. The second kappa shape index (κ2) is 5.31. The van der Waals surface area contributed by atoms with Gasteiger partial charge < -0.3 is 10.5 Å². The molecule has 2 N–H and O–H groups in total. The van der Waals surface area contributed by atoms with Crippen LogP contribution < -0.4 is 5.73 Å². The molecule has 0 aliphatic carbocycles. The third kappa shape index (κ3) is 2.85. The maximum Gasteiger partial charge on any atom is 0.340 e. The van der Waals surface area contributed by atoms with E-state index in [0.29, 0.717) is 0 Å². The number of carbonyl (C=O) groups is 1. The van der Waals surface area contributed by atoms with E-state index in [1.54, 1.807) is 0 Å². The van der Waals surface area contributed by atoms with Gasteiger partial charge in [0.15, 0.2) is 0 Å². The Morgan fingerprint density at radius 3 is 2.56 bits per heavy atom. The summed E-state index contributed by atoms with van der Waals surface area (Å²) in [5.74, 6) is -1.04. The highest BCUT2D eigenvalue weighted by Gasteiger charge is 2.11. The topological polar surface area (TPSA) is 52.3 Å². The Morgan fingerprint density at radius 1 is 1.17 bits per heavy atom. The third-order valence-corrected chi connectivity index (χ3v) is 2.45. The van der Waals surface area contributed by atoms with Gasteiger partial charge in [-0.15, -0.1) is 0 Å². The molecule has 0 amide bonds. The van der Waals surface area contributed by atoms with Crippen LogP contribution in [-0.4, -0.2) is 5.97 Å². The number of rotatable bonds is 3. The number of carbonyl (C=O) groups excluding carboxylic acids is 1. The first-order valence-electron chi connectivity index (χ1n) is 5.43. The summed E-state index contributed by atoms with van der Waals surface area (Å²) in [5.41, 5.74) is 6.68. The number of halogens is 1. The first kappa shape index (κ1) is 12.1. The van der Waals surface area contributed by atoms with E-state index in [1.807, 2.05) is 30.3 Å². The largest absolute Gasteiger partial charge is 0.457 e. The minimum Gasteiger partial charge on any atom is -0.457 e. The fraction of sp³-hybridized carbons (Fsp3) is 0.0714. The molecule has 0 radical (unpaired) electrons. The molecule has 0 aliphatic rings. The lowest BCUT2D eigenvalue weighted by Gasteiger charge is -2.07. The van der Waals surface area contributed by atoms with Crippen LogP contribution >= 0.6 is 0 Å². The Hall–Kier alpha value is -2.36. The van der Waals surface area contributed by atoms with Gasteiger partial charge in [0, 0.05) is 5.69 Å². The highest BCUT2D eigenvalue weighted by molar-refractivity contribution is 5.94. The van der Waals surface area contributed by atoms with E-state index in [-0.39, 0.29) is 17.9 Å². The van der Waals surface area contributed by atoms with Crippen molar-refractivity contribution in [1.82, 2.24) is 0 Å². The summed E-state index contributed by atoms with van der Waals surface area (Å²) in [6.45, 7) is 0.163. The number of hydrogen-bond donors (Lipinski definition) is 1. The van der Waals surface area contributed by atoms with E-state index in [2.05, 4.69) is 0 Å². The standard InChI is InChI=1S/C14H12FNO2/c15-11-6-7-12(13(16)8-11)14(17)18-9-10-4-2-1-3-5-10/h1-8H,9,16H2. The summed E-state index contributed by atoms with van der Waals surface area (Å²) in [4.78, 5) is 11.7. The fourth-order valence-corrected chi connectivity index (χ4v) is 1.52. The highest BCUT2D eigenvalue weighted by atomic mass is 19.1. The number of nitrogen functional groups attached to an aromatic ring is 1. The van der Waals surface area contributed by atoms with Crippen LogP contribution in [0.25, 0.3) is 0 Å². The lowest BCUT2D eigenvalue weighted by molar-refractivity contribution is 0.0474. The van der Waals surface area contributed by atoms with Crippen molar-refractivity contribution in [3.05, 3.63) is 65.5 Å². The van der Waals surface area contributed by atoms with Gasteiger partial charge in [-0.25, -0.2) is 9.18 Å². The maximum absolute atomic E-state index is 12.8. The van der Waals surface area contributed by atoms with Crippen LogP contribution in [0.1, 0.15) is 15.9 Å². The normalized spacial score (nSPS) is 10.1. The number of hydrogen-bond acceptors (Lipinski definition) is 3. The van der Waals surface area contributed by atoms with Gasteiger partial charge in [0.05, 0.1) is 5.56 Å². The SMILES string of the molecule is Nc1cc(F)ccc1C(=O)OCc1ccccc1. The zero-order valence-corrected chi connectivity index (χ0v) is 9.60. The summed E-state index contributed by atoms with van der Waals surface area (Å²) < 4.78 is 17.9. The first-order valence-corrected chi connectivity index (χ1v) is 5.43. The van der Waals surface area contributed by atoms with Gasteiger partial charge in [-0.3, -0.25) is 0 Å². The molecule has 0 unspecified atom stereocenters. The number of anilines is 1. The minimum absolute atomic E-state index is 0.0769. The van der Waals surface area contributed by atoms with Crippen molar-refractivity contribution in [2.75, 3.05) is 5.73 Å². The van der Waals surface area contributed by atoms with Crippen LogP contribution in [-0.2, 0) is 11.3 Å². The fourth-order valence-electron chi connectivity index (χ4n) is 1.52. The zero-order chi connectivity index (χ0) is 13.0. The highest BCUT2D eigenvalue weighted by Crippen LogP contribution is 2.15. The quantitative estimate of drug-likeness (QED) is 0.668. The second-order valence-electron chi connectivity index (χ2n) is 3.79. The van der Waals surface area contributed by atoms with Crippen LogP contribution in [0.3, 0.4) is 0 Å². The van der Waals surface area contributed by atoms with Crippen molar-refractivity contribution in [3.63, 3.8) is 0 Å². The molecule has 0 atom stereocenters. The zero-order valence-electron chi connectivity index (χ0n) is 9.60. The second-order valence-corrected chi connectivity index (χ2v) is 3.79. The predicted molar refractivity (Wildman–Crippen MR) is 66.4 cm³/mol. The van der Waals surface area contributed by atoms with Gasteiger partial charge in [-0.05, 0) is 23.8 Å². The van der Waals surface area contributed by atoms with Crippen LogP contribution in [0.15, 0.2) is 48.5 Å². The summed E-state index contributed by atoms with van der Waals surface area (Å²) in [5, 5.41) is 0. The maximum atomic E-state index is 12.8. The van der Waals surface area contributed by atoms with Crippen molar-refractivity contribution < 1.29 is 13.9 Å². The predicted octanol–water partition coefficient (Wildman–Crippen LogP) is 2.76. The van der Waals surface area contributed by atoms with Crippen molar-refractivity contribution in [2.24, 2.45) is 0 Å². The molecule has 92 valence electrons. The van der Waals surface area contributed by atoms with Crippen molar-refractivity contribution in [2.45, 2.75) is 6.61 Å². The smallest absolute Gasteiger partial charge is 0.340 e. The Morgan fingerprint density at radius 2 is 1.89 bits per heavy atom. The van der Waals surface area contributed by atoms with Gasteiger partial charge in [0.1, 0.15) is 12.4 Å². The molecule has 0 spiro atoms. The van der Waals surface area contributed by atoms with E-state index < -0.39 is 11.8 Å². The Labute approximate surface area is 104 Å². The van der Waals surface area contributed by atoms with Gasteiger partial charge in [0.2, 0.25) is 0 Å². The molecule has 0 saturated heterocycles. The number of nitrogens with two attached hydrogens (primary N) is 1. The van der Waals surface area contributed by atoms with Gasteiger partial charge >= 0.3 is 5.97 Å². The lowest BCUT2D eigenvalue weighted by Crippen LogP contribution is -2.08. The van der Waals surface area contributed by atoms with Crippen LogP contribution in [0.2, 0.25) is 0 Å². The molecule has 0 heterocycles. The molecule has 2 rings (SSSR count). The Balaban J connectivity index is 2.04. The molecular weight excluding hydrogens is 233 g/mol. The third-order valence-electron chi connectivity index (χ3n) is 2.45. The van der Waals surface area contributed by atoms with E-state index in [4.69, 9.17) is 10.5 Å². The molecule has 4 heteroatoms. The van der Waals surface area contributed by atoms with Crippen LogP contribution in [0.4, 0.5) is 10.1 Å². The molecule has 18 heavy (non-hydrogen) atoms. The van der Waals surface area contributed by atoms with Crippen molar-refractivity contribution in [1.29, 1.82) is 0 Å². The van der Waals surface area contributed by atoms with Crippen LogP contribution in [0.5, 0.6) is 0 Å². The summed E-state index contributed by atoms with van der Waals surface area (Å²) >= 11 is 0. The van der Waals surface area contributed by atoms with E-state index in [9.17, 15) is 9.18 Å². The van der Waals surface area contributed by atoms with E-state index >= 15 is 0 Å². The van der Waals surface area contributed by atoms with Crippen molar-refractivity contribution >= 4 is 11.7 Å². The number of ether oxygens (including phenoxy) is 1. The van der Waals surface area contributed by atoms with E-state index in [1.165, 1.54) is 12.1 Å². The molecule has 2 aromatic carbocycles. The van der Waals surface area contributed by atoms with Gasteiger partial charge in [-0.2, -0.15) is 0 Å². The summed E-state index contributed by atoms with van der Waals surface area (Å²) in [7, 11) is 0. The summed E-state index contributed by atoms with van der Waals surface area (Å²) in [6.07, 6.45) is 0. The molecule has 0 bridgehead atoms. The number of benzene rings is 2. The molecule has 3 nitrogen and oxygen atoms in total. The monoisotopic (exact) mass is 245 g/mol. The first-order chi connectivity index (χ1) is 8.66. The van der Waals surface area contributed by atoms with E-state index in [0.717, 1.165) is 11.6 Å². The molecule has 0 aromatic heterocycles. The molecule has 2 aromatic rings. The van der Waals surface area contributed by atoms with Crippen LogP contribution in [0, 0.1) is 5.82 Å². The molecule has 0 aliphatic heterocycles. The Bertz CT molecular complexity index is 555. The average molecular weight is 245 g/mol. The molecule has 0 saturated carbocycles. The lowest BCUT2D eigenvalue weighted by atomic mass is 10.2. The number of esters is 1. The van der Waals surface area contributed by atoms with Crippen molar-refractivity contribution in [3.8, 4) is 0 Å². The molecule has 0 fully saturated rings. The average Bonchev–Trinajstić information content (AvgIpc) is 2.37.